The zero-order valence-corrected chi connectivity index (χ0v) is 15.5. The Morgan fingerprint density at radius 3 is 2.77 bits per heavy atom. The molecule has 1 aromatic carbocycles. The van der Waals surface area contributed by atoms with Gasteiger partial charge in [-0.3, -0.25) is 0 Å². The van der Waals surface area contributed by atoms with Gasteiger partial charge in [-0.25, -0.2) is 4.68 Å². The SMILES string of the molecule is CCc1cc(C#CCO)ccc1-c1cn(CC2OCC(C)(C)CO2)nn1. The molecule has 1 N–H and O–H groups in total. The van der Waals surface area contributed by atoms with Crippen LogP contribution in [0.2, 0.25) is 0 Å². The number of hydrogen-bond acceptors (Lipinski definition) is 5. The van der Waals surface area contributed by atoms with Crippen LogP contribution in [0.3, 0.4) is 0 Å². The summed E-state index contributed by atoms with van der Waals surface area (Å²) in [5, 5.41) is 17.4. The van der Waals surface area contributed by atoms with Gasteiger partial charge in [0.15, 0.2) is 6.29 Å². The fourth-order valence-electron chi connectivity index (χ4n) is 2.85. The second kappa shape index (κ2) is 8.00. The van der Waals surface area contributed by atoms with Crippen LogP contribution < -0.4 is 0 Å². The Labute approximate surface area is 154 Å². The molecular formula is C20H25N3O3. The van der Waals surface area contributed by atoms with Crippen molar-refractivity contribution in [2.45, 2.75) is 40.0 Å². The van der Waals surface area contributed by atoms with E-state index in [1.54, 1.807) is 4.68 Å². The molecule has 0 aliphatic carbocycles. The summed E-state index contributed by atoms with van der Waals surface area (Å²) in [7, 11) is 0. The maximum Gasteiger partial charge on any atom is 0.177 e. The molecule has 138 valence electrons. The van der Waals surface area contributed by atoms with Gasteiger partial charge in [-0.1, -0.05) is 43.9 Å². The van der Waals surface area contributed by atoms with Gasteiger partial charge in [0.2, 0.25) is 0 Å². The highest BCUT2D eigenvalue weighted by molar-refractivity contribution is 5.64. The Hall–Kier alpha value is -2.20. The van der Waals surface area contributed by atoms with Crippen molar-refractivity contribution in [3.8, 4) is 23.1 Å². The van der Waals surface area contributed by atoms with Crippen molar-refractivity contribution in [1.29, 1.82) is 0 Å². The number of ether oxygens (including phenoxy) is 2. The van der Waals surface area contributed by atoms with Crippen molar-refractivity contribution in [2.75, 3.05) is 19.8 Å². The van der Waals surface area contributed by atoms with Gasteiger partial charge in [0.25, 0.3) is 0 Å². The van der Waals surface area contributed by atoms with Crippen molar-refractivity contribution in [2.24, 2.45) is 5.41 Å². The fraction of sp³-hybridized carbons (Fsp3) is 0.500. The van der Waals surface area contributed by atoms with Gasteiger partial charge in [0.1, 0.15) is 12.3 Å². The maximum atomic E-state index is 8.84. The summed E-state index contributed by atoms with van der Waals surface area (Å²) in [6.07, 6.45) is 2.49. The predicted octanol–water partition coefficient (Wildman–Crippen LogP) is 2.25. The molecule has 6 nitrogen and oxygen atoms in total. The molecule has 0 radical (unpaired) electrons. The molecule has 6 heteroatoms. The van der Waals surface area contributed by atoms with E-state index in [4.69, 9.17) is 14.6 Å². The van der Waals surface area contributed by atoms with Crippen molar-refractivity contribution < 1.29 is 14.6 Å². The molecule has 2 aromatic rings. The minimum absolute atomic E-state index is 0.0563. The van der Waals surface area contributed by atoms with Gasteiger partial charge in [0, 0.05) is 16.5 Å². The van der Waals surface area contributed by atoms with Crippen LogP contribution in [0, 0.1) is 17.3 Å². The Morgan fingerprint density at radius 1 is 1.31 bits per heavy atom. The first-order chi connectivity index (χ1) is 12.5. The maximum absolute atomic E-state index is 8.84. The zero-order valence-electron chi connectivity index (χ0n) is 15.5. The number of aryl methyl sites for hydroxylation is 1. The van der Waals surface area contributed by atoms with E-state index in [1.165, 1.54) is 0 Å². The quantitative estimate of drug-likeness (QED) is 0.852. The predicted molar refractivity (Wildman–Crippen MR) is 98.3 cm³/mol. The van der Waals surface area contributed by atoms with E-state index in [1.807, 2.05) is 24.4 Å². The van der Waals surface area contributed by atoms with Crippen LogP contribution >= 0.6 is 0 Å². The topological polar surface area (TPSA) is 69.4 Å². The number of nitrogens with zero attached hydrogens (tertiary/aromatic N) is 3. The molecule has 1 aliphatic rings. The molecule has 0 unspecified atom stereocenters. The molecule has 1 fully saturated rings. The minimum Gasteiger partial charge on any atom is -0.384 e. The van der Waals surface area contributed by atoms with E-state index in [0.717, 1.165) is 28.8 Å². The first-order valence-corrected chi connectivity index (χ1v) is 8.87. The number of aliphatic hydroxyl groups is 1. The van der Waals surface area contributed by atoms with Crippen LogP contribution in [0.5, 0.6) is 0 Å². The molecule has 0 amide bonds. The van der Waals surface area contributed by atoms with Crippen LogP contribution in [-0.4, -0.2) is 46.2 Å². The molecule has 0 bridgehead atoms. The fourth-order valence-corrected chi connectivity index (χ4v) is 2.85. The lowest BCUT2D eigenvalue weighted by atomic mass is 9.96. The first-order valence-electron chi connectivity index (χ1n) is 8.87. The van der Waals surface area contributed by atoms with Crippen LogP contribution in [0.4, 0.5) is 0 Å². The highest BCUT2D eigenvalue weighted by atomic mass is 16.7. The Balaban J connectivity index is 1.73. The molecule has 0 saturated carbocycles. The van der Waals surface area contributed by atoms with E-state index in [-0.39, 0.29) is 18.3 Å². The third-order valence-corrected chi connectivity index (χ3v) is 4.27. The number of rotatable bonds is 4. The minimum atomic E-state index is -0.292. The summed E-state index contributed by atoms with van der Waals surface area (Å²) in [4.78, 5) is 0. The van der Waals surface area contributed by atoms with Gasteiger partial charge in [-0.05, 0) is 24.1 Å². The number of hydrogen-bond donors (Lipinski definition) is 1. The second-order valence-corrected chi connectivity index (χ2v) is 7.23. The Morgan fingerprint density at radius 2 is 2.08 bits per heavy atom. The second-order valence-electron chi connectivity index (χ2n) is 7.23. The average molecular weight is 355 g/mol. The summed E-state index contributed by atoms with van der Waals surface area (Å²) >= 11 is 0. The summed E-state index contributed by atoms with van der Waals surface area (Å²) in [5.41, 5.74) is 3.95. The van der Waals surface area contributed by atoms with Crippen LogP contribution in [0.1, 0.15) is 31.9 Å². The van der Waals surface area contributed by atoms with E-state index in [9.17, 15) is 0 Å². The van der Waals surface area contributed by atoms with E-state index < -0.39 is 0 Å². The highest BCUT2D eigenvalue weighted by Crippen LogP contribution is 2.25. The Kier molecular flexibility index (Phi) is 5.72. The normalized spacial score (nSPS) is 16.9. The smallest absolute Gasteiger partial charge is 0.177 e. The van der Waals surface area contributed by atoms with Gasteiger partial charge < -0.3 is 14.6 Å². The third kappa shape index (κ3) is 4.50. The standard InChI is InChI=1S/C20H25N3O3/c1-4-16-10-15(6-5-9-24)7-8-17(16)18-11-23(22-21-18)12-19-25-13-20(2,3)14-26-19/h7-8,10-11,19,24H,4,9,12-14H2,1-3H3. The lowest BCUT2D eigenvalue weighted by Crippen LogP contribution is -2.39. The largest absolute Gasteiger partial charge is 0.384 e. The molecular weight excluding hydrogens is 330 g/mol. The molecule has 0 atom stereocenters. The van der Waals surface area contributed by atoms with Gasteiger partial charge >= 0.3 is 0 Å². The lowest BCUT2D eigenvalue weighted by molar-refractivity contribution is -0.227. The summed E-state index contributed by atoms with van der Waals surface area (Å²) in [6, 6.07) is 5.97. The van der Waals surface area contributed by atoms with Crippen molar-refractivity contribution in [1.82, 2.24) is 15.0 Å². The van der Waals surface area contributed by atoms with E-state index >= 15 is 0 Å². The summed E-state index contributed by atoms with van der Waals surface area (Å²) in [5.74, 6) is 5.62. The molecule has 0 spiro atoms. The monoisotopic (exact) mass is 355 g/mol. The van der Waals surface area contributed by atoms with Crippen LogP contribution in [-0.2, 0) is 22.4 Å². The van der Waals surface area contributed by atoms with E-state index in [2.05, 4.69) is 42.9 Å². The lowest BCUT2D eigenvalue weighted by Gasteiger charge is -2.34. The highest BCUT2D eigenvalue weighted by Gasteiger charge is 2.28. The van der Waals surface area contributed by atoms with Gasteiger partial charge in [0.05, 0.1) is 26.0 Å². The molecule has 1 aromatic heterocycles. The van der Waals surface area contributed by atoms with E-state index in [0.29, 0.717) is 19.8 Å². The summed E-state index contributed by atoms with van der Waals surface area (Å²) in [6.45, 7) is 8.07. The van der Waals surface area contributed by atoms with Gasteiger partial charge in [-0.15, -0.1) is 5.10 Å². The van der Waals surface area contributed by atoms with Crippen LogP contribution in [0.15, 0.2) is 24.4 Å². The molecule has 26 heavy (non-hydrogen) atoms. The molecule has 1 saturated heterocycles. The first kappa shape index (κ1) is 18.6. The van der Waals surface area contributed by atoms with Crippen molar-refractivity contribution >= 4 is 0 Å². The van der Waals surface area contributed by atoms with Gasteiger partial charge in [-0.2, -0.15) is 0 Å². The average Bonchev–Trinajstić information content (AvgIpc) is 3.09. The van der Waals surface area contributed by atoms with Crippen molar-refractivity contribution in [3.05, 3.63) is 35.5 Å². The number of aliphatic hydroxyl groups excluding tert-OH is 1. The molecule has 2 heterocycles. The zero-order chi connectivity index (χ0) is 18.6. The van der Waals surface area contributed by atoms with Crippen molar-refractivity contribution in [3.63, 3.8) is 0 Å². The molecule has 3 rings (SSSR count). The van der Waals surface area contributed by atoms with Crippen LogP contribution in [0.25, 0.3) is 11.3 Å². The number of benzene rings is 1. The molecule has 1 aliphatic heterocycles. The third-order valence-electron chi connectivity index (χ3n) is 4.27. The summed E-state index contributed by atoms with van der Waals surface area (Å²) < 4.78 is 13.3. The Bertz CT molecular complexity index is 807. The number of aromatic nitrogens is 3.